The minimum Gasteiger partial charge on any atom is -0.366 e. The van der Waals surface area contributed by atoms with Crippen LogP contribution in [0.15, 0.2) is 12.2 Å². The zero-order chi connectivity index (χ0) is 10.8. The summed E-state index contributed by atoms with van der Waals surface area (Å²) in [4.78, 5) is 12.8. The van der Waals surface area contributed by atoms with Crippen LogP contribution < -0.4 is 5.73 Å². The van der Waals surface area contributed by atoms with Gasteiger partial charge in [-0.05, 0) is 38.4 Å². The van der Waals surface area contributed by atoms with Gasteiger partial charge in [0.25, 0.3) is 0 Å². The lowest BCUT2D eigenvalue weighted by Crippen LogP contribution is -2.26. The van der Waals surface area contributed by atoms with E-state index in [0.717, 1.165) is 26.1 Å². The lowest BCUT2D eigenvalue weighted by molar-refractivity contribution is -0.113. The number of nitrogens with zero attached hydrogens (tertiary/aromatic N) is 1. The van der Waals surface area contributed by atoms with Crippen molar-refractivity contribution in [3.63, 3.8) is 0 Å². The molecule has 0 saturated carbocycles. The summed E-state index contributed by atoms with van der Waals surface area (Å²) in [5.41, 5.74) is 4.99. The number of carbonyl (C=O) groups is 1. The van der Waals surface area contributed by atoms with Gasteiger partial charge in [0.2, 0.25) is 5.91 Å². The van der Waals surface area contributed by atoms with E-state index in [-0.39, 0.29) is 5.91 Å². The van der Waals surface area contributed by atoms with Crippen LogP contribution in [0.2, 0.25) is 0 Å². The highest BCUT2D eigenvalue weighted by Gasteiger charge is 1.99. The fourth-order valence-corrected chi connectivity index (χ4v) is 1.42. The standard InChI is InChI=1S/C11H22N2O/c1-3-8-13(9-4-2)10-6-5-7-11(12)14/h5,7H,3-4,6,8-10H2,1-2H3,(H2,12,14). The molecule has 0 aliphatic heterocycles. The van der Waals surface area contributed by atoms with Crippen LogP contribution in [-0.4, -0.2) is 30.4 Å². The van der Waals surface area contributed by atoms with Crippen molar-refractivity contribution >= 4 is 5.91 Å². The van der Waals surface area contributed by atoms with Crippen LogP contribution in [0, 0.1) is 0 Å². The fraction of sp³-hybridized carbons (Fsp3) is 0.727. The molecule has 2 N–H and O–H groups in total. The van der Waals surface area contributed by atoms with E-state index < -0.39 is 0 Å². The van der Waals surface area contributed by atoms with Gasteiger partial charge in [-0.1, -0.05) is 19.9 Å². The van der Waals surface area contributed by atoms with Crippen molar-refractivity contribution < 1.29 is 4.79 Å². The van der Waals surface area contributed by atoms with E-state index in [0.29, 0.717) is 0 Å². The van der Waals surface area contributed by atoms with E-state index in [9.17, 15) is 4.79 Å². The molecule has 0 radical (unpaired) electrons. The van der Waals surface area contributed by atoms with Gasteiger partial charge in [-0.2, -0.15) is 0 Å². The molecule has 0 fully saturated rings. The maximum Gasteiger partial charge on any atom is 0.241 e. The average molecular weight is 198 g/mol. The molecule has 0 unspecified atom stereocenters. The van der Waals surface area contributed by atoms with Crippen LogP contribution in [0.4, 0.5) is 0 Å². The summed E-state index contributed by atoms with van der Waals surface area (Å²) < 4.78 is 0. The molecule has 0 aromatic rings. The zero-order valence-electron chi connectivity index (χ0n) is 9.33. The largest absolute Gasteiger partial charge is 0.366 e. The van der Waals surface area contributed by atoms with E-state index in [1.807, 2.05) is 6.08 Å². The molecule has 3 nitrogen and oxygen atoms in total. The first-order valence-electron chi connectivity index (χ1n) is 5.39. The van der Waals surface area contributed by atoms with Gasteiger partial charge in [0.15, 0.2) is 0 Å². The topological polar surface area (TPSA) is 46.3 Å². The molecule has 0 bridgehead atoms. The minimum atomic E-state index is -0.359. The number of hydrogen-bond donors (Lipinski definition) is 1. The van der Waals surface area contributed by atoms with E-state index in [4.69, 9.17) is 5.73 Å². The highest BCUT2D eigenvalue weighted by molar-refractivity contribution is 5.85. The summed E-state index contributed by atoms with van der Waals surface area (Å²) in [6, 6.07) is 0. The Kier molecular flexibility index (Phi) is 8.24. The van der Waals surface area contributed by atoms with E-state index in [1.165, 1.54) is 18.9 Å². The van der Waals surface area contributed by atoms with Crippen molar-refractivity contribution in [3.8, 4) is 0 Å². The first-order chi connectivity index (χ1) is 6.70. The fourth-order valence-electron chi connectivity index (χ4n) is 1.42. The summed E-state index contributed by atoms with van der Waals surface area (Å²) in [5.74, 6) is -0.359. The van der Waals surface area contributed by atoms with Crippen LogP contribution >= 0.6 is 0 Å². The van der Waals surface area contributed by atoms with Crippen molar-refractivity contribution in [2.24, 2.45) is 5.73 Å². The summed E-state index contributed by atoms with van der Waals surface area (Å²) in [6.07, 6.45) is 6.55. The Hall–Kier alpha value is -0.830. The second-order valence-electron chi connectivity index (χ2n) is 3.44. The number of rotatable bonds is 8. The lowest BCUT2D eigenvalue weighted by atomic mass is 10.3. The molecule has 0 rings (SSSR count). The maximum atomic E-state index is 10.4. The summed E-state index contributed by atoms with van der Waals surface area (Å²) >= 11 is 0. The summed E-state index contributed by atoms with van der Waals surface area (Å²) in [6.45, 7) is 7.66. The third-order valence-corrected chi connectivity index (χ3v) is 1.97. The monoisotopic (exact) mass is 198 g/mol. The molecule has 0 aromatic carbocycles. The normalized spacial score (nSPS) is 11.4. The number of nitrogens with two attached hydrogens (primary N) is 1. The maximum absolute atomic E-state index is 10.4. The molecule has 0 heterocycles. The van der Waals surface area contributed by atoms with Gasteiger partial charge in [-0.15, -0.1) is 0 Å². The number of carbonyl (C=O) groups excluding carboxylic acids is 1. The molecule has 0 atom stereocenters. The Morgan fingerprint density at radius 1 is 1.21 bits per heavy atom. The Labute approximate surface area is 87.0 Å². The van der Waals surface area contributed by atoms with Crippen LogP contribution in [0.25, 0.3) is 0 Å². The quantitative estimate of drug-likeness (QED) is 0.601. The molecule has 0 aromatic heterocycles. The van der Waals surface area contributed by atoms with Crippen molar-refractivity contribution in [1.82, 2.24) is 4.90 Å². The van der Waals surface area contributed by atoms with Crippen molar-refractivity contribution in [3.05, 3.63) is 12.2 Å². The van der Waals surface area contributed by atoms with Crippen molar-refractivity contribution in [2.75, 3.05) is 19.6 Å². The molecule has 0 saturated heterocycles. The van der Waals surface area contributed by atoms with Gasteiger partial charge in [0.1, 0.15) is 0 Å². The molecule has 3 heteroatoms. The van der Waals surface area contributed by atoms with Gasteiger partial charge in [-0.25, -0.2) is 0 Å². The van der Waals surface area contributed by atoms with Crippen LogP contribution in [-0.2, 0) is 4.79 Å². The number of amides is 1. The lowest BCUT2D eigenvalue weighted by Gasteiger charge is -2.19. The highest BCUT2D eigenvalue weighted by Crippen LogP contribution is 1.96. The predicted octanol–water partition coefficient (Wildman–Crippen LogP) is 1.54. The van der Waals surface area contributed by atoms with Gasteiger partial charge in [0.05, 0.1) is 0 Å². The Morgan fingerprint density at radius 2 is 1.79 bits per heavy atom. The Morgan fingerprint density at radius 3 is 2.21 bits per heavy atom. The molecular formula is C11H22N2O. The van der Waals surface area contributed by atoms with Crippen LogP contribution in [0.5, 0.6) is 0 Å². The van der Waals surface area contributed by atoms with Gasteiger partial charge >= 0.3 is 0 Å². The van der Waals surface area contributed by atoms with Crippen LogP contribution in [0.1, 0.15) is 33.1 Å². The highest BCUT2D eigenvalue weighted by atomic mass is 16.1. The molecule has 0 spiro atoms. The summed E-state index contributed by atoms with van der Waals surface area (Å²) in [7, 11) is 0. The minimum absolute atomic E-state index is 0.359. The number of primary amides is 1. The zero-order valence-corrected chi connectivity index (χ0v) is 9.33. The molecule has 1 amide bonds. The molecular weight excluding hydrogens is 176 g/mol. The third-order valence-electron chi connectivity index (χ3n) is 1.97. The van der Waals surface area contributed by atoms with Crippen molar-refractivity contribution in [2.45, 2.75) is 33.1 Å². The number of hydrogen-bond acceptors (Lipinski definition) is 2. The third kappa shape index (κ3) is 7.80. The van der Waals surface area contributed by atoms with Gasteiger partial charge < -0.3 is 10.6 Å². The Balaban J connectivity index is 3.64. The van der Waals surface area contributed by atoms with Gasteiger partial charge in [0, 0.05) is 6.54 Å². The van der Waals surface area contributed by atoms with E-state index >= 15 is 0 Å². The average Bonchev–Trinajstić information content (AvgIpc) is 2.12. The molecule has 0 aliphatic carbocycles. The first kappa shape index (κ1) is 13.2. The summed E-state index contributed by atoms with van der Waals surface area (Å²) in [5, 5.41) is 0. The molecule has 0 aliphatic rings. The second kappa shape index (κ2) is 8.75. The molecule has 14 heavy (non-hydrogen) atoms. The second-order valence-corrected chi connectivity index (χ2v) is 3.44. The van der Waals surface area contributed by atoms with Gasteiger partial charge in [-0.3, -0.25) is 4.79 Å². The van der Waals surface area contributed by atoms with E-state index in [2.05, 4.69) is 18.7 Å². The SMILES string of the molecule is CCCN(CCC)CCC=CC(N)=O. The first-order valence-corrected chi connectivity index (χ1v) is 5.39. The van der Waals surface area contributed by atoms with Crippen LogP contribution in [0.3, 0.4) is 0 Å². The van der Waals surface area contributed by atoms with Crippen molar-refractivity contribution in [1.29, 1.82) is 0 Å². The molecule has 82 valence electrons. The Bertz CT molecular complexity index is 172. The predicted molar refractivity (Wildman–Crippen MR) is 60.0 cm³/mol. The smallest absolute Gasteiger partial charge is 0.241 e. The van der Waals surface area contributed by atoms with E-state index in [1.54, 1.807) is 0 Å².